The average molecular weight is 291 g/mol. The van der Waals surface area contributed by atoms with E-state index in [4.69, 9.17) is 10.5 Å². The van der Waals surface area contributed by atoms with E-state index in [0.29, 0.717) is 6.61 Å². The van der Waals surface area contributed by atoms with Crippen molar-refractivity contribution in [2.24, 2.45) is 0 Å². The number of nitrogens with two attached hydrogens (primary N) is 1. The molecule has 0 bridgehead atoms. The van der Waals surface area contributed by atoms with Gasteiger partial charge in [0.05, 0.1) is 12.3 Å². The van der Waals surface area contributed by atoms with E-state index in [1.54, 1.807) is 11.8 Å². The Morgan fingerprint density at radius 2 is 2.10 bits per heavy atom. The highest BCUT2D eigenvalue weighted by atomic mass is 32.2. The molecule has 4 nitrogen and oxygen atoms in total. The molecule has 2 rings (SSSR count). The van der Waals surface area contributed by atoms with Gasteiger partial charge in [0.2, 0.25) is 0 Å². The van der Waals surface area contributed by atoms with Crippen LogP contribution in [0.5, 0.6) is 5.75 Å². The zero-order valence-electron chi connectivity index (χ0n) is 12.2. The van der Waals surface area contributed by atoms with Crippen molar-refractivity contribution in [2.75, 3.05) is 12.3 Å². The number of aryl methyl sites for hydroxylation is 2. The van der Waals surface area contributed by atoms with Gasteiger partial charge in [0.1, 0.15) is 5.75 Å². The average Bonchev–Trinajstić information content (AvgIpc) is 2.80. The molecular formula is C15H21N3OS. The van der Waals surface area contributed by atoms with E-state index in [2.05, 4.69) is 18.1 Å². The maximum absolute atomic E-state index is 6.03. The zero-order valence-corrected chi connectivity index (χ0v) is 13.0. The fourth-order valence-electron chi connectivity index (χ4n) is 2.04. The summed E-state index contributed by atoms with van der Waals surface area (Å²) < 4.78 is 7.55. The van der Waals surface area contributed by atoms with Crippen LogP contribution in [-0.2, 0) is 12.3 Å². The molecule has 0 aliphatic rings. The van der Waals surface area contributed by atoms with E-state index in [9.17, 15) is 0 Å². The maximum atomic E-state index is 6.03. The van der Waals surface area contributed by atoms with Crippen LogP contribution in [-0.4, -0.2) is 16.4 Å². The van der Waals surface area contributed by atoms with E-state index in [1.807, 2.05) is 36.7 Å². The quantitative estimate of drug-likeness (QED) is 0.654. The highest BCUT2D eigenvalue weighted by Crippen LogP contribution is 2.31. The fourth-order valence-corrected chi connectivity index (χ4v) is 3.01. The Bertz CT molecular complexity index is 580. The molecule has 108 valence electrons. The van der Waals surface area contributed by atoms with Gasteiger partial charge in [-0.25, -0.2) is 0 Å². The standard InChI is InChI=1S/C15H21N3OS/c1-4-18-12(8-11(3)17-18)10-20-15-9-13(19-5-2)6-7-14(15)16/h6-9H,4-5,10,16H2,1-3H3. The Morgan fingerprint density at radius 1 is 1.30 bits per heavy atom. The zero-order chi connectivity index (χ0) is 14.5. The lowest BCUT2D eigenvalue weighted by atomic mass is 10.3. The smallest absolute Gasteiger partial charge is 0.120 e. The van der Waals surface area contributed by atoms with E-state index in [0.717, 1.165) is 34.3 Å². The van der Waals surface area contributed by atoms with E-state index >= 15 is 0 Å². The maximum Gasteiger partial charge on any atom is 0.120 e. The van der Waals surface area contributed by atoms with Crippen LogP contribution in [0.4, 0.5) is 5.69 Å². The first-order valence-electron chi connectivity index (χ1n) is 6.82. The predicted molar refractivity (Wildman–Crippen MR) is 84.2 cm³/mol. The molecule has 0 saturated carbocycles. The molecule has 0 unspecified atom stereocenters. The number of hydrogen-bond acceptors (Lipinski definition) is 4. The Kier molecular flexibility index (Phi) is 4.95. The van der Waals surface area contributed by atoms with Crippen LogP contribution in [0, 0.1) is 6.92 Å². The topological polar surface area (TPSA) is 53.1 Å². The Balaban J connectivity index is 2.11. The fraction of sp³-hybridized carbons (Fsp3) is 0.400. The van der Waals surface area contributed by atoms with Gasteiger partial charge in [-0.1, -0.05) is 0 Å². The van der Waals surface area contributed by atoms with Crippen molar-refractivity contribution in [3.8, 4) is 5.75 Å². The number of nitrogens with zero attached hydrogens (tertiary/aromatic N) is 2. The summed E-state index contributed by atoms with van der Waals surface area (Å²) in [5.41, 5.74) is 9.09. The molecule has 0 amide bonds. The van der Waals surface area contributed by atoms with Gasteiger partial charge in [-0.3, -0.25) is 4.68 Å². The highest BCUT2D eigenvalue weighted by Gasteiger charge is 2.07. The third-order valence-electron chi connectivity index (χ3n) is 2.96. The van der Waals surface area contributed by atoms with Crippen LogP contribution in [0.3, 0.4) is 0 Å². The van der Waals surface area contributed by atoms with Gasteiger partial charge in [-0.2, -0.15) is 5.10 Å². The van der Waals surface area contributed by atoms with Crippen molar-refractivity contribution >= 4 is 17.4 Å². The molecule has 0 saturated heterocycles. The second-order valence-corrected chi connectivity index (χ2v) is 5.53. The third-order valence-corrected chi connectivity index (χ3v) is 4.06. The van der Waals surface area contributed by atoms with Crippen LogP contribution < -0.4 is 10.5 Å². The van der Waals surface area contributed by atoms with Crippen molar-refractivity contribution in [2.45, 2.75) is 38.0 Å². The van der Waals surface area contributed by atoms with Gasteiger partial charge < -0.3 is 10.5 Å². The normalized spacial score (nSPS) is 10.8. The van der Waals surface area contributed by atoms with Gasteiger partial charge in [0.15, 0.2) is 0 Å². The van der Waals surface area contributed by atoms with Gasteiger partial charge >= 0.3 is 0 Å². The third kappa shape index (κ3) is 3.48. The van der Waals surface area contributed by atoms with Crippen molar-refractivity contribution in [3.63, 3.8) is 0 Å². The molecule has 0 atom stereocenters. The summed E-state index contributed by atoms with van der Waals surface area (Å²) in [6.07, 6.45) is 0. The number of rotatable bonds is 6. The molecule has 2 N–H and O–H groups in total. The molecule has 20 heavy (non-hydrogen) atoms. The molecule has 1 heterocycles. The monoisotopic (exact) mass is 291 g/mol. The summed E-state index contributed by atoms with van der Waals surface area (Å²) in [4.78, 5) is 1.05. The predicted octanol–water partition coefficient (Wildman–Crippen LogP) is 3.48. The van der Waals surface area contributed by atoms with E-state index < -0.39 is 0 Å². The number of hydrogen-bond donors (Lipinski definition) is 1. The molecular weight excluding hydrogens is 270 g/mol. The summed E-state index contributed by atoms with van der Waals surface area (Å²) in [7, 11) is 0. The number of benzene rings is 1. The lowest BCUT2D eigenvalue weighted by Gasteiger charge is -2.09. The number of aromatic nitrogens is 2. The van der Waals surface area contributed by atoms with Crippen LogP contribution in [0.2, 0.25) is 0 Å². The van der Waals surface area contributed by atoms with Crippen molar-refractivity contribution in [3.05, 3.63) is 35.7 Å². The minimum atomic E-state index is 0.663. The van der Waals surface area contributed by atoms with Gasteiger partial charge in [0, 0.05) is 28.6 Å². The summed E-state index contributed by atoms with van der Waals surface area (Å²) in [6.45, 7) is 7.65. The van der Waals surface area contributed by atoms with Crippen molar-refractivity contribution in [1.82, 2.24) is 9.78 Å². The van der Waals surface area contributed by atoms with E-state index in [-0.39, 0.29) is 0 Å². The molecule has 0 aliphatic carbocycles. The highest BCUT2D eigenvalue weighted by molar-refractivity contribution is 7.98. The molecule has 0 radical (unpaired) electrons. The molecule has 2 aromatic rings. The van der Waals surface area contributed by atoms with E-state index in [1.165, 1.54) is 5.69 Å². The van der Waals surface area contributed by atoms with Gasteiger partial charge in [-0.15, -0.1) is 11.8 Å². The second-order valence-electron chi connectivity index (χ2n) is 4.51. The number of ether oxygens (including phenoxy) is 1. The number of anilines is 1. The van der Waals surface area contributed by atoms with Crippen LogP contribution >= 0.6 is 11.8 Å². The minimum Gasteiger partial charge on any atom is -0.494 e. The first-order valence-corrected chi connectivity index (χ1v) is 7.81. The summed E-state index contributed by atoms with van der Waals surface area (Å²) in [6, 6.07) is 7.93. The molecule has 0 aliphatic heterocycles. The summed E-state index contributed by atoms with van der Waals surface area (Å²) in [5.74, 6) is 1.72. The molecule has 0 spiro atoms. The number of thioether (sulfide) groups is 1. The largest absolute Gasteiger partial charge is 0.494 e. The Morgan fingerprint density at radius 3 is 2.80 bits per heavy atom. The Hall–Kier alpha value is -1.62. The van der Waals surface area contributed by atoms with Gasteiger partial charge in [-0.05, 0) is 45.0 Å². The molecule has 0 fully saturated rings. The minimum absolute atomic E-state index is 0.663. The molecule has 5 heteroatoms. The lowest BCUT2D eigenvalue weighted by Crippen LogP contribution is -2.01. The SMILES string of the molecule is CCOc1ccc(N)c(SCc2cc(C)nn2CC)c1. The van der Waals surface area contributed by atoms with Crippen molar-refractivity contribution < 1.29 is 4.74 Å². The molecule has 1 aromatic carbocycles. The second kappa shape index (κ2) is 6.70. The van der Waals surface area contributed by atoms with Crippen LogP contribution in [0.1, 0.15) is 25.2 Å². The van der Waals surface area contributed by atoms with Crippen LogP contribution in [0.15, 0.2) is 29.2 Å². The number of nitrogen functional groups attached to an aromatic ring is 1. The first-order chi connectivity index (χ1) is 9.63. The summed E-state index contributed by atoms with van der Waals surface area (Å²) in [5, 5.41) is 4.46. The lowest BCUT2D eigenvalue weighted by molar-refractivity contribution is 0.339. The van der Waals surface area contributed by atoms with Crippen molar-refractivity contribution in [1.29, 1.82) is 0 Å². The van der Waals surface area contributed by atoms with Crippen LogP contribution in [0.25, 0.3) is 0 Å². The Labute approximate surface area is 124 Å². The van der Waals surface area contributed by atoms with Gasteiger partial charge in [0.25, 0.3) is 0 Å². The molecule has 1 aromatic heterocycles. The first kappa shape index (κ1) is 14.8. The summed E-state index contributed by atoms with van der Waals surface area (Å²) >= 11 is 1.72.